The molecule has 4 rings (SSSR count). The van der Waals surface area contributed by atoms with Crippen molar-refractivity contribution in [2.75, 3.05) is 0 Å². The fourth-order valence-electron chi connectivity index (χ4n) is 2.40. The first-order chi connectivity index (χ1) is 11.6. The number of aromatic nitrogens is 3. The summed E-state index contributed by atoms with van der Waals surface area (Å²) in [6.07, 6.45) is 0. The van der Waals surface area contributed by atoms with Gasteiger partial charge in [0.2, 0.25) is 0 Å². The zero-order chi connectivity index (χ0) is 16.7. The Hall–Kier alpha value is -2.57. The summed E-state index contributed by atoms with van der Waals surface area (Å²) in [6.45, 7) is 0. The van der Waals surface area contributed by atoms with E-state index in [1.807, 2.05) is 30.3 Å². The van der Waals surface area contributed by atoms with Crippen LogP contribution in [0.15, 0.2) is 59.4 Å². The molecule has 4 nitrogen and oxygen atoms in total. The Labute approximate surface area is 144 Å². The van der Waals surface area contributed by atoms with E-state index in [2.05, 4.69) is 9.97 Å². The molecular weight excluding hydrogens is 349 g/mol. The summed E-state index contributed by atoms with van der Waals surface area (Å²) in [7, 11) is 0. The van der Waals surface area contributed by atoms with E-state index in [9.17, 15) is 9.18 Å². The molecule has 0 aliphatic rings. The number of nitrogens with zero attached hydrogens (tertiary/aromatic N) is 3. The van der Waals surface area contributed by atoms with Gasteiger partial charge in [0.25, 0.3) is 0 Å². The number of para-hydroxylation sites is 1. The number of benzene rings is 2. The van der Waals surface area contributed by atoms with Crippen molar-refractivity contribution < 1.29 is 4.39 Å². The van der Waals surface area contributed by atoms with E-state index in [4.69, 9.17) is 11.6 Å². The third kappa shape index (κ3) is 2.50. The molecule has 24 heavy (non-hydrogen) atoms. The number of hydrogen-bond acceptors (Lipinski definition) is 4. The van der Waals surface area contributed by atoms with Gasteiger partial charge in [0.1, 0.15) is 10.5 Å². The molecule has 0 saturated heterocycles. The van der Waals surface area contributed by atoms with Crippen molar-refractivity contribution in [3.8, 4) is 17.1 Å². The van der Waals surface area contributed by atoms with Gasteiger partial charge < -0.3 is 0 Å². The first-order valence-electron chi connectivity index (χ1n) is 7.04. The van der Waals surface area contributed by atoms with Crippen molar-refractivity contribution in [2.24, 2.45) is 0 Å². The van der Waals surface area contributed by atoms with Crippen LogP contribution < -0.4 is 4.87 Å². The van der Waals surface area contributed by atoms with Gasteiger partial charge >= 0.3 is 4.87 Å². The summed E-state index contributed by atoms with van der Waals surface area (Å²) in [5.74, 6) is -0.00219. The number of hydrogen-bond donors (Lipinski definition) is 0. The summed E-state index contributed by atoms with van der Waals surface area (Å²) in [4.78, 5) is 20.9. The highest BCUT2D eigenvalue weighted by atomic mass is 35.5. The lowest BCUT2D eigenvalue weighted by Gasteiger charge is -2.05. The minimum Gasteiger partial charge on any atom is -0.256 e. The molecular formula is C17H9ClFN3OS. The molecule has 0 aliphatic heterocycles. The van der Waals surface area contributed by atoms with Gasteiger partial charge in [-0.05, 0) is 36.4 Å². The lowest BCUT2D eigenvalue weighted by atomic mass is 10.2. The van der Waals surface area contributed by atoms with E-state index >= 15 is 0 Å². The van der Waals surface area contributed by atoms with E-state index < -0.39 is 0 Å². The summed E-state index contributed by atoms with van der Waals surface area (Å²) >= 11 is 7.25. The highest BCUT2D eigenvalue weighted by Gasteiger charge is 2.16. The minimum absolute atomic E-state index is 0.191. The number of fused-ring (bicyclic) bond motifs is 1. The Morgan fingerprint density at radius 1 is 1.00 bits per heavy atom. The fourth-order valence-corrected chi connectivity index (χ4v) is 3.50. The number of thiazole rings is 1. The molecule has 0 bridgehead atoms. The smallest absolute Gasteiger partial charge is 0.256 e. The third-order valence-electron chi connectivity index (χ3n) is 3.51. The molecule has 0 radical (unpaired) electrons. The Kier molecular flexibility index (Phi) is 3.63. The zero-order valence-electron chi connectivity index (χ0n) is 12.1. The second-order valence-electron chi connectivity index (χ2n) is 5.04. The monoisotopic (exact) mass is 357 g/mol. The molecule has 2 heterocycles. The quantitative estimate of drug-likeness (QED) is 0.502. The molecule has 4 aromatic rings. The zero-order valence-corrected chi connectivity index (χ0v) is 13.7. The molecule has 2 aromatic heterocycles. The first kappa shape index (κ1) is 15.0. The lowest BCUT2D eigenvalue weighted by Crippen LogP contribution is -2.11. The predicted octanol–water partition coefficient (Wildman–Crippen LogP) is 4.30. The topological polar surface area (TPSA) is 47.8 Å². The average molecular weight is 358 g/mol. The lowest BCUT2D eigenvalue weighted by molar-refractivity contribution is 0.628. The van der Waals surface area contributed by atoms with Crippen LogP contribution in [-0.4, -0.2) is 14.5 Å². The van der Waals surface area contributed by atoms with Gasteiger partial charge in [-0.25, -0.2) is 14.4 Å². The maximum Gasteiger partial charge on any atom is 0.314 e. The van der Waals surface area contributed by atoms with Gasteiger partial charge in [0.15, 0.2) is 16.6 Å². The van der Waals surface area contributed by atoms with Crippen molar-refractivity contribution in [3.05, 3.63) is 75.2 Å². The Bertz CT molecular complexity index is 1090. The summed E-state index contributed by atoms with van der Waals surface area (Å²) in [5, 5.41) is 0.205. The normalized spacial score (nSPS) is 11.1. The van der Waals surface area contributed by atoms with Crippen molar-refractivity contribution in [1.29, 1.82) is 0 Å². The summed E-state index contributed by atoms with van der Waals surface area (Å²) in [5.41, 5.74) is 1.77. The van der Waals surface area contributed by atoms with E-state index in [1.54, 1.807) is 12.1 Å². The van der Waals surface area contributed by atoms with Gasteiger partial charge in [-0.2, -0.15) is 0 Å². The highest BCUT2D eigenvalue weighted by Crippen LogP contribution is 2.28. The van der Waals surface area contributed by atoms with Crippen molar-refractivity contribution >= 4 is 33.3 Å². The molecule has 2 aromatic carbocycles. The van der Waals surface area contributed by atoms with Crippen molar-refractivity contribution in [1.82, 2.24) is 14.5 Å². The van der Waals surface area contributed by atoms with Gasteiger partial charge in [0.05, 0.1) is 5.69 Å². The van der Waals surface area contributed by atoms with Crippen LogP contribution in [0.25, 0.3) is 27.4 Å². The molecule has 0 unspecified atom stereocenters. The standard InChI is InChI=1S/C17H9ClFN3OS/c18-14-13-16(21-15(20-14)10-6-8-11(19)9-7-10)22(17(23)24-13)12-4-2-1-3-5-12/h1-9H. The van der Waals surface area contributed by atoms with Crippen molar-refractivity contribution in [2.45, 2.75) is 0 Å². The second kappa shape index (κ2) is 5.81. The second-order valence-corrected chi connectivity index (χ2v) is 6.36. The molecule has 0 amide bonds. The van der Waals surface area contributed by atoms with E-state index in [-0.39, 0.29) is 15.8 Å². The van der Waals surface area contributed by atoms with Gasteiger partial charge in [-0.1, -0.05) is 41.1 Å². The Balaban J connectivity index is 2.00. The van der Waals surface area contributed by atoms with Gasteiger partial charge in [0, 0.05) is 5.56 Å². The highest BCUT2D eigenvalue weighted by molar-refractivity contribution is 7.17. The van der Waals surface area contributed by atoms with Crippen molar-refractivity contribution in [3.63, 3.8) is 0 Å². The largest absolute Gasteiger partial charge is 0.314 e. The van der Waals surface area contributed by atoms with Gasteiger partial charge in [-0.3, -0.25) is 9.36 Å². The molecule has 0 spiro atoms. The van der Waals surface area contributed by atoms with Crippen LogP contribution in [-0.2, 0) is 0 Å². The summed E-state index contributed by atoms with van der Waals surface area (Å²) in [6, 6.07) is 15.0. The van der Waals surface area contributed by atoms with Crippen LogP contribution in [0.3, 0.4) is 0 Å². The van der Waals surface area contributed by atoms with Gasteiger partial charge in [-0.15, -0.1) is 0 Å². The maximum absolute atomic E-state index is 13.1. The summed E-state index contributed by atoms with van der Waals surface area (Å²) < 4.78 is 15.1. The predicted molar refractivity (Wildman–Crippen MR) is 93.4 cm³/mol. The molecule has 0 fully saturated rings. The molecule has 0 N–H and O–H groups in total. The van der Waals surface area contributed by atoms with E-state index in [0.717, 1.165) is 11.3 Å². The van der Waals surface area contributed by atoms with Crippen LogP contribution in [0, 0.1) is 5.82 Å². The molecule has 7 heteroatoms. The van der Waals surface area contributed by atoms with E-state index in [0.29, 0.717) is 27.4 Å². The van der Waals surface area contributed by atoms with Crippen LogP contribution in [0.4, 0.5) is 4.39 Å². The molecule has 118 valence electrons. The Morgan fingerprint density at radius 3 is 2.42 bits per heavy atom. The molecule has 0 aliphatic carbocycles. The average Bonchev–Trinajstić information content (AvgIpc) is 2.93. The maximum atomic E-state index is 13.1. The molecule has 0 saturated carbocycles. The number of halogens is 2. The Morgan fingerprint density at radius 2 is 1.71 bits per heavy atom. The number of rotatable bonds is 2. The van der Waals surface area contributed by atoms with E-state index in [1.165, 1.54) is 16.7 Å². The van der Waals surface area contributed by atoms with Crippen LogP contribution >= 0.6 is 22.9 Å². The fraction of sp³-hybridized carbons (Fsp3) is 0. The minimum atomic E-state index is -0.345. The first-order valence-corrected chi connectivity index (χ1v) is 8.23. The van der Waals surface area contributed by atoms with Crippen LogP contribution in [0.5, 0.6) is 0 Å². The third-order valence-corrected chi connectivity index (χ3v) is 4.83. The molecule has 0 atom stereocenters. The van der Waals surface area contributed by atoms with Crippen LogP contribution in [0.1, 0.15) is 0 Å². The van der Waals surface area contributed by atoms with Crippen LogP contribution in [0.2, 0.25) is 5.15 Å². The SMILES string of the molecule is O=c1sc2c(Cl)nc(-c3ccc(F)cc3)nc2n1-c1ccccc1.